The molecule has 160 valence electrons. The van der Waals surface area contributed by atoms with Crippen LogP contribution in [0.4, 0.5) is 0 Å². The smallest absolute Gasteiger partial charge is 0.289 e. The molecule has 0 radical (unpaired) electrons. The number of aryl methyl sites for hydroxylation is 2. The van der Waals surface area contributed by atoms with Crippen LogP contribution in [-0.2, 0) is 13.1 Å². The minimum absolute atomic E-state index is 0.165. The maximum Gasteiger partial charge on any atom is 0.289 e. The molecule has 31 heavy (non-hydrogen) atoms. The van der Waals surface area contributed by atoms with Crippen LogP contribution in [0.2, 0.25) is 0 Å². The van der Waals surface area contributed by atoms with Gasteiger partial charge < -0.3 is 18.6 Å². The summed E-state index contributed by atoms with van der Waals surface area (Å²) in [6.45, 7) is 5.93. The van der Waals surface area contributed by atoms with Gasteiger partial charge in [-0.2, -0.15) is 0 Å². The van der Waals surface area contributed by atoms with E-state index in [2.05, 4.69) is 30.5 Å². The van der Waals surface area contributed by atoms with E-state index in [-0.39, 0.29) is 5.91 Å². The van der Waals surface area contributed by atoms with E-state index in [0.29, 0.717) is 18.9 Å². The fraction of sp³-hybridized carbons (Fsp3) is 0.280. The Labute approximate surface area is 182 Å². The maximum absolute atomic E-state index is 12.6. The molecular formula is C25H27N3O3. The van der Waals surface area contributed by atoms with Gasteiger partial charge in [-0.1, -0.05) is 24.3 Å². The number of furan rings is 1. The number of carbonyl (C=O) groups excluding carboxylic acids is 1. The predicted octanol–water partition coefficient (Wildman–Crippen LogP) is 4.99. The lowest BCUT2D eigenvalue weighted by atomic mass is 10.1. The zero-order valence-electron chi connectivity index (χ0n) is 18.2. The van der Waals surface area contributed by atoms with Crippen LogP contribution in [0, 0.1) is 13.8 Å². The molecule has 0 aliphatic heterocycles. The SMILES string of the molecule is Cc1cccc(OCCCn2c(CN(C)C(=O)c3ccco3)nc3ccccc32)c1C. The number of aromatic nitrogens is 2. The van der Waals surface area contributed by atoms with Crippen molar-refractivity contribution in [2.75, 3.05) is 13.7 Å². The van der Waals surface area contributed by atoms with Gasteiger partial charge in [0, 0.05) is 13.6 Å². The van der Waals surface area contributed by atoms with Crippen LogP contribution in [0.1, 0.15) is 33.9 Å². The first-order chi connectivity index (χ1) is 15.0. The van der Waals surface area contributed by atoms with Crippen LogP contribution in [0.25, 0.3) is 11.0 Å². The third-order valence-electron chi connectivity index (χ3n) is 5.53. The van der Waals surface area contributed by atoms with E-state index < -0.39 is 0 Å². The van der Waals surface area contributed by atoms with Crippen molar-refractivity contribution in [1.82, 2.24) is 14.5 Å². The maximum atomic E-state index is 12.6. The van der Waals surface area contributed by atoms with Gasteiger partial charge in [-0.25, -0.2) is 4.98 Å². The van der Waals surface area contributed by atoms with E-state index in [1.165, 1.54) is 17.4 Å². The number of nitrogens with zero attached hydrogens (tertiary/aromatic N) is 3. The molecule has 0 N–H and O–H groups in total. The lowest BCUT2D eigenvalue weighted by Gasteiger charge is -2.17. The van der Waals surface area contributed by atoms with Crippen molar-refractivity contribution in [2.24, 2.45) is 0 Å². The topological polar surface area (TPSA) is 60.5 Å². The molecule has 6 nitrogen and oxygen atoms in total. The Bertz CT molecular complexity index is 1180. The highest BCUT2D eigenvalue weighted by atomic mass is 16.5. The molecule has 0 saturated carbocycles. The van der Waals surface area contributed by atoms with Crippen molar-refractivity contribution in [3.05, 3.63) is 83.6 Å². The molecular weight excluding hydrogens is 390 g/mol. The Balaban J connectivity index is 1.47. The molecule has 6 heteroatoms. The normalized spacial score (nSPS) is 11.1. The Morgan fingerprint density at radius 3 is 2.74 bits per heavy atom. The largest absolute Gasteiger partial charge is 0.493 e. The van der Waals surface area contributed by atoms with Gasteiger partial charge in [0.25, 0.3) is 5.91 Å². The Hall–Kier alpha value is -3.54. The van der Waals surface area contributed by atoms with Gasteiger partial charge in [-0.3, -0.25) is 4.79 Å². The van der Waals surface area contributed by atoms with E-state index >= 15 is 0 Å². The third kappa shape index (κ3) is 4.48. The quantitative estimate of drug-likeness (QED) is 0.379. The molecule has 0 aliphatic carbocycles. The predicted molar refractivity (Wildman–Crippen MR) is 120 cm³/mol. The van der Waals surface area contributed by atoms with Crippen molar-refractivity contribution in [1.29, 1.82) is 0 Å². The number of para-hydroxylation sites is 2. The van der Waals surface area contributed by atoms with Gasteiger partial charge >= 0.3 is 0 Å². The number of rotatable bonds is 8. The Morgan fingerprint density at radius 2 is 1.94 bits per heavy atom. The van der Waals surface area contributed by atoms with E-state index in [4.69, 9.17) is 14.1 Å². The average Bonchev–Trinajstić information content (AvgIpc) is 3.42. The lowest BCUT2D eigenvalue weighted by molar-refractivity contribution is 0.0748. The fourth-order valence-electron chi connectivity index (χ4n) is 3.65. The second-order valence-electron chi connectivity index (χ2n) is 7.71. The van der Waals surface area contributed by atoms with Crippen molar-refractivity contribution in [3.8, 4) is 5.75 Å². The summed E-state index contributed by atoms with van der Waals surface area (Å²) in [5.74, 6) is 1.93. The Kier molecular flexibility index (Phi) is 6.07. The van der Waals surface area contributed by atoms with Crippen LogP contribution < -0.4 is 4.74 Å². The molecule has 0 fully saturated rings. The first-order valence-electron chi connectivity index (χ1n) is 10.5. The van der Waals surface area contributed by atoms with E-state index in [9.17, 15) is 4.79 Å². The van der Waals surface area contributed by atoms with Gasteiger partial charge in [0.05, 0.1) is 30.4 Å². The summed E-state index contributed by atoms with van der Waals surface area (Å²) in [7, 11) is 1.76. The van der Waals surface area contributed by atoms with Crippen LogP contribution >= 0.6 is 0 Å². The average molecular weight is 418 g/mol. The first kappa shape index (κ1) is 20.7. The minimum Gasteiger partial charge on any atom is -0.493 e. The van der Waals surface area contributed by atoms with E-state index in [1.54, 1.807) is 24.1 Å². The highest BCUT2D eigenvalue weighted by Crippen LogP contribution is 2.22. The number of imidazole rings is 1. The lowest BCUT2D eigenvalue weighted by Crippen LogP contribution is -2.27. The molecule has 0 aliphatic rings. The summed E-state index contributed by atoms with van der Waals surface area (Å²) in [4.78, 5) is 19.0. The number of fused-ring (bicyclic) bond motifs is 1. The number of amides is 1. The summed E-state index contributed by atoms with van der Waals surface area (Å²) in [5.41, 5.74) is 4.38. The summed E-state index contributed by atoms with van der Waals surface area (Å²) in [6.07, 6.45) is 2.34. The molecule has 0 bridgehead atoms. The molecule has 2 aromatic carbocycles. The van der Waals surface area contributed by atoms with Crippen LogP contribution in [0.5, 0.6) is 5.75 Å². The highest BCUT2D eigenvalue weighted by molar-refractivity contribution is 5.91. The number of hydrogen-bond donors (Lipinski definition) is 0. The van der Waals surface area contributed by atoms with E-state index in [1.807, 2.05) is 30.3 Å². The molecule has 4 aromatic rings. The van der Waals surface area contributed by atoms with Crippen molar-refractivity contribution in [3.63, 3.8) is 0 Å². The molecule has 0 saturated heterocycles. The van der Waals surface area contributed by atoms with Crippen LogP contribution in [-0.4, -0.2) is 34.0 Å². The van der Waals surface area contributed by atoms with E-state index in [0.717, 1.165) is 35.6 Å². The summed E-state index contributed by atoms with van der Waals surface area (Å²) >= 11 is 0. The zero-order valence-corrected chi connectivity index (χ0v) is 18.2. The molecule has 0 atom stereocenters. The minimum atomic E-state index is -0.165. The van der Waals surface area contributed by atoms with Gasteiger partial charge in [0.15, 0.2) is 5.76 Å². The highest BCUT2D eigenvalue weighted by Gasteiger charge is 2.18. The second-order valence-corrected chi connectivity index (χ2v) is 7.71. The first-order valence-corrected chi connectivity index (χ1v) is 10.5. The van der Waals surface area contributed by atoms with Gasteiger partial charge in [0.1, 0.15) is 11.6 Å². The zero-order chi connectivity index (χ0) is 21.8. The molecule has 0 spiro atoms. The standard InChI is InChI=1S/C25H27N3O3/c1-18-9-6-12-22(19(18)2)30-16-8-14-28-21-11-5-4-10-20(21)26-24(28)17-27(3)25(29)23-13-7-15-31-23/h4-7,9-13,15H,8,14,16-17H2,1-3H3. The number of hydrogen-bond acceptors (Lipinski definition) is 4. The molecule has 4 rings (SSSR count). The van der Waals surface area contributed by atoms with Gasteiger partial charge in [-0.15, -0.1) is 0 Å². The molecule has 2 heterocycles. The third-order valence-corrected chi connectivity index (χ3v) is 5.53. The monoisotopic (exact) mass is 417 g/mol. The molecule has 0 unspecified atom stereocenters. The summed E-state index contributed by atoms with van der Waals surface area (Å²) < 4.78 is 13.4. The molecule has 2 aromatic heterocycles. The molecule has 1 amide bonds. The second kappa shape index (κ2) is 9.08. The van der Waals surface area contributed by atoms with Crippen LogP contribution in [0.3, 0.4) is 0 Å². The van der Waals surface area contributed by atoms with Gasteiger partial charge in [-0.05, 0) is 61.7 Å². The van der Waals surface area contributed by atoms with Crippen molar-refractivity contribution < 1.29 is 13.9 Å². The summed E-state index contributed by atoms with van der Waals surface area (Å²) in [6, 6.07) is 17.5. The number of carbonyl (C=O) groups is 1. The van der Waals surface area contributed by atoms with Crippen molar-refractivity contribution >= 4 is 16.9 Å². The summed E-state index contributed by atoms with van der Waals surface area (Å²) in [5, 5.41) is 0. The van der Waals surface area contributed by atoms with Crippen LogP contribution in [0.15, 0.2) is 65.3 Å². The Morgan fingerprint density at radius 1 is 1.10 bits per heavy atom. The number of ether oxygens (including phenoxy) is 1. The fourth-order valence-corrected chi connectivity index (χ4v) is 3.65. The van der Waals surface area contributed by atoms with Crippen molar-refractivity contribution in [2.45, 2.75) is 33.4 Å². The number of benzene rings is 2. The van der Waals surface area contributed by atoms with Gasteiger partial charge in [0.2, 0.25) is 0 Å².